The molecule has 1 aromatic heterocycles. The molecular weight excluding hydrogens is 320 g/mol. The van der Waals surface area contributed by atoms with Crippen molar-refractivity contribution in [3.63, 3.8) is 0 Å². The van der Waals surface area contributed by atoms with E-state index in [-0.39, 0.29) is 0 Å². The number of aromatic nitrogens is 1. The van der Waals surface area contributed by atoms with Crippen LogP contribution in [0, 0.1) is 0 Å². The molecule has 20 heavy (non-hydrogen) atoms. The lowest BCUT2D eigenvalue weighted by Gasteiger charge is -2.01. The number of nitrogens with two attached hydrogens (primary N) is 1. The molecule has 0 aliphatic carbocycles. The molecule has 0 fully saturated rings. The standard InChI is InChI=1S/C15H13BrN2O2/c1-19-11-4-2-3-9(5-11)6-14-18-13-8-10(16)7-12(17)15(13)20-14/h2-5,7-8H,6,17H2,1H3. The largest absolute Gasteiger partial charge is 0.497 e. The van der Waals surface area contributed by atoms with Crippen molar-refractivity contribution in [3.8, 4) is 5.75 Å². The van der Waals surface area contributed by atoms with Gasteiger partial charge in [0.1, 0.15) is 11.3 Å². The van der Waals surface area contributed by atoms with Gasteiger partial charge in [0.25, 0.3) is 0 Å². The maximum atomic E-state index is 5.93. The number of nitrogen functional groups attached to an aromatic ring is 1. The van der Waals surface area contributed by atoms with Crippen LogP contribution in [0.3, 0.4) is 0 Å². The van der Waals surface area contributed by atoms with Gasteiger partial charge in [-0.25, -0.2) is 4.98 Å². The second-order valence-electron chi connectivity index (χ2n) is 4.48. The van der Waals surface area contributed by atoms with Crippen molar-refractivity contribution in [2.24, 2.45) is 0 Å². The molecule has 0 atom stereocenters. The van der Waals surface area contributed by atoms with E-state index in [4.69, 9.17) is 14.9 Å². The first-order chi connectivity index (χ1) is 9.65. The number of methoxy groups -OCH3 is 1. The minimum absolute atomic E-state index is 0.582. The van der Waals surface area contributed by atoms with Gasteiger partial charge >= 0.3 is 0 Å². The van der Waals surface area contributed by atoms with Crippen LogP contribution in [0.2, 0.25) is 0 Å². The van der Waals surface area contributed by atoms with Gasteiger partial charge in [-0.2, -0.15) is 0 Å². The third kappa shape index (κ3) is 2.49. The Morgan fingerprint density at radius 2 is 2.15 bits per heavy atom. The summed E-state index contributed by atoms with van der Waals surface area (Å²) in [4.78, 5) is 4.47. The molecule has 0 aliphatic rings. The zero-order valence-electron chi connectivity index (χ0n) is 10.9. The van der Waals surface area contributed by atoms with Crippen LogP contribution in [0.4, 0.5) is 5.69 Å². The highest BCUT2D eigenvalue weighted by atomic mass is 79.9. The number of nitrogens with zero attached hydrogens (tertiary/aromatic N) is 1. The summed E-state index contributed by atoms with van der Waals surface area (Å²) >= 11 is 3.40. The second kappa shape index (κ2) is 5.17. The van der Waals surface area contributed by atoms with E-state index in [1.165, 1.54) is 0 Å². The molecule has 3 aromatic rings. The van der Waals surface area contributed by atoms with Crippen molar-refractivity contribution >= 4 is 32.7 Å². The molecule has 102 valence electrons. The quantitative estimate of drug-likeness (QED) is 0.741. The number of rotatable bonds is 3. The molecule has 2 N–H and O–H groups in total. The van der Waals surface area contributed by atoms with Crippen molar-refractivity contribution < 1.29 is 9.15 Å². The van der Waals surface area contributed by atoms with Gasteiger partial charge in [0.05, 0.1) is 12.8 Å². The van der Waals surface area contributed by atoms with Crippen molar-refractivity contribution in [2.75, 3.05) is 12.8 Å². The number of hydrogen-bond donors (Lipinski definition) is 1. The minimum atomic E-state index is 0.582. The summed E-state index contributed by atoms with van der Waals surface area (Å²) in [6, 6.07) is 11.5. The lowest BCUT2D eigenvalue weighted by Crippen LogP contribution is -1.89. The highest BCUT2D eigenvalue weighted by molar-refractivity contribution is 9.10. The molecule has 0 bridgehead atoms. The topological polar surface area (TPSA) is 61.3 Å². The van der Waals surface area contributed by atoms with Crippen LogP contribution in [0.1, 0.15) is 11.5 Å². The Morgan fingerprint density at radius 1 is 1.30 bits per heavy atom. The Bertz CT molecular complexity index is 768. The van der Waals surface area contributed by atoms with Crippen molar-refractivity contribution in [3.05, 3.63) is 52.3 Å². The maximum absolute atomic E-state index is 5.93. The van der Waals surface area contributed by atoms with E-state index < -0.39 is 0 Å². The summed E-state index contributed by atoms with van der Waals surface area (Å²) < 4.78 is 11.8. The fourth-order valence-corrected chi connectivity index (χ4v) is 2.57. The van der Waals surface area contributed by atoms with Crippen LogP contribution in [-0.4, -0.2) is 12.1 Å². The van der Waals surface area contributed by atoms with Crippen LogP contribution in [0.15, 0.2) is 45.3 Å². The van der Waals surface area contributed by atoms with Gasteiger partial charge in [-0.05, 0) is 29.8 Å². The third-order valence-corrected chi connectivity index (χ3v) is 3.48. The molecule has 0 aliphatic heterocycles. The van der Waals surface area contributed by atoms with Gasteiger partial charge in [0.2, 0.25) is 0 Å². The number of anilines is 1. The van der Waals surface area contributed by atoms with E-state index >= 15 is 0 Å². The summed E-state index contributed by atoms with van der Waals surface area (Å²) in [6.45, 7) is 0. The van der Waals surface area contributed by atoms with Gasteiger partial charge in [-0.3, -0.25) is 0 Å². The van der Waals surface area contributed by atoms with Crippen molar-refractivity contribution in [1.82, 2.24) is 4.98 Å². The summed E-state index contributed by atoms with van der Waals surface area (Å²) in [5.74, 6) is 1.46. The molecule has 0 unspecified atom stereocenters. The Hall–Kier alpha value is -2.01. The predicted molar refractivity (Wildman–Crippen MR) is 81.9 cm³/mol. The molecule has 4 nitrogen and oxygen atoms in total. The second-order valence-corrected chi connectivity index (χ2v) is 5.39. The van der Waals surface area contributed by atoms with Gasteiger partial charge in [0.15, 0.2) is 11.5 Å². The first kappa shape index (κ1) is 13.0. The zero-order chi connectivity index (χ0) is 14.1. The van der Waals surface area contributed by atoms with Crippen LogP contribution in [0.25, 0.3) is 11.1 Å². The SMILES string of the molecule is COc1cccc(Cc2nc3cc(Br)cc(N)c3o2)c1. The summed E-state index contributed by atoms with van der Waals surface area (Å²) in [7, 11) is 1.65. The first-order valence-corrected chi connectivity index (χ1v) is 6.92. The number of benzene rings is 2. The van der Waals surface area contributed by atoms with Crippen molar-refractivity contribution in [1.29, 1.82) is 0 Å². The third-order valence-electron chi connectivity index (χ3n) is 3.02. The summed E-state index contributed by atoms with van der Waals surface area (Å²) in [6.07, 6.45) is 0.600. The van der Waals surface area contributed by atoms with Crippen LogP contribution < -0.4 is 10.5 Å². The molecule has 3 rings (SSSR count). The monoisotopic (exact) mass is 332 g/mol. The van der Waals surface area contributed by atoms with E-state index in [0.29, 0.717) is 23.6 Å². The fraction of sp³-hybridized carbons (Fsp3) is 0.133. The van der Waals surface area contributed by atoms with Gasteiger partial charge < -0.3 is 14.9 Å². The Balaban J connectivity index is 1.96. The van der Waals surface area contributed by atoms with E-state index in [1.54, 1.807) is 7.11 Å². The smallest absolute Gasteiger partial charge is 0.200 e. The molecule has 0 saturated carbocycles. The number of oxazole rings is 1. The summed E-state index contributed by atoms with van der Waals surface area (Å²) in [5, 5.41) is 0. The van der Waals surface area contributed by atoms with Crippen LogP contribution >= 0.6 is 15.9 Å². The lowest BCUT2D eigenvalue weighted by molar-refractivity contribution is 0.414. The number of fused-ring (bicyclic) bond motifs is 1. The van der Waals surface area contributed by atoms with E-state index in [0.717, 1.165) is 21.3 Å². The predicted octanol–water partition coefficient (Wildman–Crippen LogP) is 3.77. The highest BCUT2D eigenvalue weighted by Crippen LogP contribution is 2.27. The lowest BCUT2D eigenvalue weighted by atomic mass is 10.1. The zero-order valence-corrected chi connectivity index (χ0v) is 12.5. The number of hydrogen-bond acceptors (Lipinski definition) is 4. The normalized spacial score (nSPS) is 10.9. The first-order valence-electron chi connectivity index (χ1n) is 6.13. The number of halogens is 1. The van der Waals surface area contributed by atoms with E-state index in [2.05, 4.69) is 20.9 Å². The van der Waals surface area contributed by atoms with E-state index in [1.807, 2.05) is 36.4 Å². The molecule has 0 radical (unpaired) electrons. The Kier molecular flexibility index (Phi) is 3.36. The van der Waals surface area contributed by atoms with Gasteiger partial charge in [0, 0.05) is 10.9 Å². The molecule has 0 spiro atoms. The molecule has 1 heterocycles. The Labute approximate surface area is 124 Å². The fourth-order valence-electron chi connectivity index (χ4n) is 2.10. The van der Waals surface area contributed by atoms with E-state index in [9.17, 15) is 0 Å². The average Bonchev–Trinajstić information content (AvgIpc) is 2.81. The molecular formula is C15H13BrN2O2. The molecule has 0 saturated heterocycles. The Morgan fingerprint density at radius 3 is 2.95 bits per heavy atom. The van der Waals surface area contributed by atoms with Gasteiger partial charge in [-0.1, -0.05) is 28.1 Å². The van der Waals surface area contributed by atoms with Crippen LogP contribution in [-0.2, 0) is 6.42 Å². The molecule has 5 heteroatoms. The summed E-state index contributed by atoms with van der Waals surface area (Å²) in [5.41, 5.74) is 8.97. The van der Waals surface area contributed by atoms with Gasteiger partial charge in [-0.15, -0.1) is 0 Å². The maximum Gasteiger partial charge on any atom is 0.200 e. The number of ether oxygens (including phenoxy) is 1. The minimum Gasteiger partial charge on any atom is -0.497 e. The highest BCUT2D eigenvalue weighted by Gasteiger charge is 2.10. The van der Waals surface area contributed by atoms with Crippen molar-refractivity contribution in [2.45, 2.75) is 6.42 Å². The average molecular weight is 333 g/mol. The molecule has 0 amide bonds. The van der Waals surface area contributed by atoms with Crippen LogP contribution in [0.5, 0.6) is 5.75 Å². The molecule has 2 aromatic carbocycles.